The highest BCUT2D eigenvalue weighted by molar-refractivity contribution is 5.92. The lowest BCUT2D eigenvalue weighted by Gasteiger charge is -2.00. The third-order valence-corrected chi connectivity index (χ3v) is 1.93. The van der Waals surface area contributed by atoms with Crippen LogP contribution >= 0.6 is 0 Å². The molecule has 0 radical (unpaired) electrons. The van der Waals surface area contributed by atoms with Gasteiger partial charge in [0, 0.05) is 11.6 Å². The second kappa shape index (κ2) is 3.46. The lowest BCUT2D eigenvalue weighted by Crippen LogP contribution is -2.03. The topological polar surface area (TPSA) is 39.2 Å². The van der Waals surface area contributed by atoms with E-state index in [9.17, 15) is 4.79 Å². The molecule has 0 amide bonds. The molecule has 0 spiro atoms. The molecule has 3 nitrogen and oxygen atoms in total. The number of hydrogen-bond acceptors (Lipinski definition) is 3. The summed E-state index contributed by atoms with van der Waals surface area (Å²) in [5.74, 6) is -0.948. The molecule has 70 valence electrons. The summed E-state index contributed by atoms with van der Waals surface area (Å²) in [7, 11) is -2.75. The molecule has 0 atom stereocenters. The van der Waals surface area contributed by atoms with Crippen molar-refractivity contribution in [1.82, 2.24) is 4.98 Å². The molecule has 1 aromatic heterocycles. The summed E-state index contributed by atoms with van der Waals surface area (Å²) in [5, 5.41) is 1.68. The van der Waals surface area contributed by atoms with Crippen molar-refractivity contribution in [2.45, 2.75) is 0 Å². The number of carbonyl (C=O) groups is 1. The Labute approximate surface area is 85.6 Å². The van der Waals surface area contributed by atoms with Crippen LogP contribution in [-0.4, -0.2) is 18.0 Å². The van der Waals surface area contributed by atoms with E-state index in [1.807, 2.05) is 24.3 Å². The van der Waals surface area contributed by atoms with E-state index < -0.39 is 13.0 Å². The van der Waals surface area contributed by atoms with Gasteiger partial charge in [0.2, 0.25) is 0 Å². The maximum Gasteiger partial charge on any atom is 0.356 e. The highest BCUT2D eigenvalue weighted by Gasteiger charge is 2.06. The van der Waals surface area contributed by atoms with Crippen molar-refractivity contribution in [2.24, 2.45) is 0 Å². The highest BCUT2D eigenvalue weighted by Crippen LogP contribution is 2.13. The zero-order chi connectivity index (χ0) is 12.5. The van der Waals surface area contributed by atoms with Crippen LogP contribution in [0.25, 0.3) is 10.8 Å². The first-order valence-electron chi connectivity index (χ1n) is 5.54. The molecule has 14 heavy (non-hydrogen) atoms. The van der Waals surface area contributed by atoms with Gasteiger partial charge in [0.15, 0.2) is 0 Å². The SMILES string of the molecule is [2H]C([2H])([2H])OC(=O)c1cc2ccccc2cn1. The van der Waals surface area contributed by atoms with Crippen LogP contribution in [0.5, 0.6) is 0 Å². The Kier molecular flexibility index (Phi) is 1.42. The maximum absolute atomic E-state index is 11.5. The van der Waals surface area contributed by atoms with E-state index in [2.05, 4.69) is 9.72 Å². The molecule has 0 aliphatic carbocycles. The van der Waals surface area contributed by atoms with Crippen LogP contribution in [0, 0.1) is 0 Å². The number of methoxy groups -OCH3 is 1. The molecule has 3 heteroatoms. The molecule has 0 saturated carbocycles. The average molecular weight is 190 g/mol. The van der Waals surface area contributed by atoms with Crippen LogP contribution in [0.2, 0.25) is 0 Å². The maximum atomic E-state index is 11.5. The molecule has 2 rings (SSSR count). The normalized spacial score (nSPS) is 14.1. The van der Waals surface area contributed by atoms with Crippen molar-refractivity contribution in [3.8, 4) is 0 Å². The van der Waals surface area contributed by atoms with Gasteiger partial charge >= 0.3 is 5.97 Å². The summed E-state index contributed by atoms with van der Waals surface area (Å²) >= 11 is 0. The number of aromatic nitrogens is 1. The summed E-state index contributed by atoms with van der Waals surface area (Å²) < 4.78 is 24.8. The average Bonchev–Trinajstić information content (AvgIpc) is 2.26. The van der Waals surface area contributed by atoms with Crippen LogP contribution in [0.1, 0.15) is 14.6 Å². The van der Waals surface area contributed by atoms with Crippen molar-refractivity contribution in [1.29, 1.82) is 0 Å². The largest absolute Gasteiger partial charge is 0.464 e. The van der Waals surface area contributed by atoms with Gasteiger partial charge in [-0.05, 0) is 11.5 Å². The molecule has 0 unspecified atom stereocenters. The number of rotatable bonds is 1. The summed E-state index contributed by atoms with van der Waals surface area (Å²) in [6.07, 6.45) is 1.51. The van der Waals surface area contributed by atoms with E-state index in [1.54, 1.807) is 0 Å². The van der Waals surface area contributed by atoms with E-state index in [1.165, 1.54) is 12.3 Å². The second-order valence-corrected chi connectivity index (χ2v) is 2.81. The van der Waals surface area contributed by atoms with Crippen LogP contribution in [0.15, 0.2) is 36.5 Å². The second-order valence-electron chi connectivity index (χ2n) is 2.81. The van der Waals surface area contributed by atoms with E-state index in [0.29, 0.717) is 0 Å². The molecule has 0 aliphatic heterocycles. The van der Waals surface area contributed by atoms with Crippen molar-refractivity contribution in [3.63, 3.8) is 0 Å². The molecule has 0 aliphatic rings. The van der Waals surface area contributed by atoms with Crippen molar-refractivity contribution >= 4 is 16.7 Å². The number of fused-ring (bicyclic) bond motifs is 1. The molecular weight excluding hydrogens is 178 g/mol. The smallest absolute Gasteiger partial charge is 0.356 e. The predicted molar refractivity (Wildman–Crippen MR) is 53.1 cm³/mol. The van der Waals surface area contributed by atoms with Crippen LogP contribution in [-0.2, 0) is 4.74 Å². The summed E-state index contributed by atoms with van der Waals surface area (Å²) in [6, 6.07) is 8.83. The number of carbonyl (C=O) groups excluding carboxylic acids is 1. The predicted octanol–water partition coefficient (Wildman–Crippen LogP) is 2.02. The number of nitrogens with zero attached hydrogens (tertiary/aromatic N) is 1. The van der Waals surface area contributed by atoms with Gasteiger partial charge in [0.25, 0.3) is 0 Å². The molecule has 2 aromatic rings. The minimum Gasteiger partial charge on any atom is -0.464 e. The van der Waals surface area contributed by atoms with Crippen LogP contribution in [0.3, 0.4) is 0 Å². The van der Waals surface area contributed by atoms with Gasteiger partial charge in [-0.3, -0.25) is 0 Å². The molecule has 0 saturated heterocycles. The van der Waals surface area contributed by atoms with Gasteiger partial charge < -0.3 is 4.74 Å². The van der Waals surface area contributed by atoms with E-state index in [4.69, 9.17) is 4.11 Å². The van der Waals surface area contributed by atoms with Crippen LogP contribution in [0.4, 0.5) is 0 Å². The highest BCUT2D eigenvalue weighted by atomic mass is 16.5. The number of benzene rings is 1. The zero-order valence-corrected chi connectivity index (χ0v) is 7.23. The van der Waals surface area contributed by atoms with Crippen molar-refractivity contribution < 1.29 is 13.6 Å². The number of ether oxygens (including phenoxy) is 1. The van der Waals surface area contributed by atoms with Gasteiger partial charge in [0.1, 0.15) is 5.69 Å². The lowest BCUT2D eigenvalue weighted by atomic mass is 10.1. The summed E-state index contributed by atoms with van der Waals surface area (Å²) in [6.45, 7) is 0. The van der Waals surface area contributed by atoms with Gasteiger partial charge in [-0.15, -0.1) is 0 Å². The number of pyridine rings is 1. The van der Waals surface area contributed by atoms with Gasteiger partial charge in [-0.1, -0.05) is 24.3 Å². The quantitative estimate of drug-likeness (QED) is 0.646. The first-order valence-corrected chi connectivity index (χ1v) is 4.04. The van der Waals surface area contributed by atoms with Gasteiger partial charge in [-0.2, -0.15) is 0 Å². The Bertz CT molecular complexity index is 566. The number of esters is 1. The standard InChI is InChI=1S/C11H9NO2/c1-14-11(13)10-6-8-4-2-3-5-9(8)7-12-10/h2-7H,1H3/i1D3. The zero-order valence-electron chi connectivity index (χ0n) is 10.2. The third kappa shape index (κ3) is 1.44. The molecule has 1 heterocycles. The first-order chi connectivity index (χ1) is 7.96. The number of hydrogen-bond donors (Lipinski definition) is 0. The Morgan fingerprint density at radius 3 is 3.00 bits per heavy atom. The summed E-state index contributed by atoms with van der Waals surface area (Å²) in [4.78, 5) is 15.3. The fourth-order valence-electron chi connectivity index (χ4n) is 1.25. The van der Waals surface area contributed by atoms with Gasteiger partial charge in [0.05, 0.1) is 11.2 Å². The van der Waals surface area contributed by atoms with E-state index >= 15 is 0 Å². The van der Waals surface area contributed by atoms with Crippen molar-refractivity contribution in [3.05, 3.63) is 42.2 Å². The third-order valence-electron chi connectivity index (χ3n) is 1.93. The van der Waals surface area contributed by atoms with Crippen LogP contribution < -0.4 is 0 Å². The fourth-order valence-corrected chi connectivity index (χ4v) is 1.25. The molecular formula is C11H9NO2. The summed E-state index contributed by atoms with van der Waals surface area (Å²) in [5.41, 5.74) is -0.0141. The minimum absolute atomic E-state index is 0.0141. The van der Waals surface area contributed by atoms with E-state index in [-0.39, 0.29) is 5.69 Å². The molecule has 1 aromatic carbocycles. The fraction of sp³-hybridized carbons (Fsp3) is 0.0909. The van der Waals surface area contributed by atoms with E-state index in [0.717, 1.165) is 10.8 Å². The first kappa shape index (κ1) is 5.75. The Morgan fingerprint density at radius 1 is 1.43 bits per heavy atom. The Balaban J connectivity index is 2.33. The molecule has 0 N–H and O–H groups in total. The minimum atomic E-state index is -2.75. The Hall–Kier alpha value is -1.90. The van der Waals surface area contributed by atoms with Gasteiger partial charge in [-0.25, -0.2) is 9.78 Å². The monoisotopic (exact) mass is 190 g/mol. The lowest BCUT2D eigenvalue weighted by molar-refractivity contribution is 0.0594. The van der Waals surface area contributed by atoms with Crippen molar-refractivity contribution in [2.75, 3.05) is 7.04 Å². The Morgan fingerprint density at radius 2 is 2.21 bits per heavy atom. The molecule has 0 fully saturated rings. The molecule has 0 bridgehead atoms.